The number of hydrogen-bond acceptors (Lipinski definition) is 4. The number of nitrogens with zero attached hydrogens (tertiary/aromatic N) is 1. The van der Waals surface area contributed by atoms with Gasteiger partial charge in [0.2, 0.25) is 0 Å². The Morgan fingerprint density at radius 3 is 2.77 bits per heavy atom. The Hall–Kier alpha value is -2.56. The van der Waals surface area contributed by atoms with Crippen LogP contribution in [0.5, 0.6) is 0 Å². The Kier molecular flexibility index (Phi) is 4.78. The molecular weight excluding hydrogens is 326 g/mol. The standard InChI is InChI=1S/C21H25N3O2/c1-14-18(16-9-5-10-16)23-17-11-6-12-22-20(17)19(14)24-21(25)26-13-15-7-3-2-4-8-15/h2-4,6-8,11-12,14,16,18-19,23H,5,9-10,13H2,1H3,(H,24,25)/t14-,18+,19+/m0/s1. The fraction of sp³-hybridized carbons (Fsp3) is 0.429. The second kappa shape index (κ2) is 7.36. The molecule has 1 aromatic carbocycles. The van der Waals surface area contributed by atoms with Crippen LogP contribution in [0.2, 0.25) is 0 Å². The monoisotopic (exact) mass is 351 g/mol. The van der Waals surface area contributed by atoms with E-state index in [0.717, 1.165) is 16.9 Å². The van der Waals surface area contributed by atoms with E-state index in [9.17, 15) is 4.79 Å². The van der Waals surface area contributed by atoms with Gasteiger partial charge in [-0.05, 0) is 36.5 Å². The lowest BCUT2D eigenvalue weighted by Crippen LogP contribution is -2.49. The Labute approximate surface area is 154 Å². The molecule has 0 bridgehead atoms. The molecule has 0 radical (unpaired) electrons. The van der Waals surface area contributed by atoms with Crippen LogP contribution < -0.4 is 10.6 Å². The van der Waals surface area contributed by atoms with Crippen LogP contribution in [0, 0.1) is 11.8 Å². The van der Waals surface area contributed by atoms with E-state index in [4.69, 9.17) is 4.74 Å². The molecular formula is C21H25N3O2. The summed E-state index contributed by atoms with van der Waals surface area (Å²) in [4.78, 5) is 16.9. The number of nitrogens with one attached hydrogen (secondary N) is 2. The van der Waals surface area contributed by atoms with E-state index >= 15 is 0 Å². The highest BCUT2D eigenvalue weighted by Gasteiger charge is 2.41. The maximum Gasteiger partial charge on any atom is 0.408 e. The van der Waals surface area contributed by atoms with Gasteiger partial charge < -0.3 is 15.4 Å². The van der Waals surface area contributed by atoms with E-state index in [1.807, 2.05) is 42.5 Å². The van der Waals surface area contributed by atoms with Crippen LogP contribution in [0.15, 0.2) is 48.7 Å². The van der Waals surface area contributed by atoms with Crippen LogP contribution in [-0.2, 0) is 11.3 Å². The van der Waals surface area contributed by atoms with Crippen molar-refractivity contribution in [3.05, 3.63) is 59.9 Å². The van der Waals surface area contributed by atoms with Gasteiger partial charge in [-0.15, -0.1) is 0 Å². The lowest BCUT2D eigenvalue weighted by molar-refractivity contribution is 0.125. The average molecular weight is 351 g/mol. The fourth-order valence-electron chi connectivity index (χ4n) is 3.99. The number of pyridine rings is 1. The second-order valence-electron chi connectivity index (χ2n) is 7.34. The zero-order chi connectivity index (χ0) is 17.9. The average Bonchev–Trinajstić information content (AvgIpc) is 2.63. The number of alkyl carbamates (subject to hydrolysis) is 1. The van der Waals surface area contributed by atoms with Gasteiger partial charge in [-0.1, -0.05) is 43.7 Å². The molecule has 2 N–H and O–H groups in total. The summed E-state index contributed by atoms with van der Waals surface area (Å²) in [6.07, 6.45) is 5.19. The number of ether oxygens (including phenoxy) is 1. The summed E-state index contributed by atoms with van der Waals surface area (Å²) >= 11 is 0. The van der Waals surface area contributed by atoms with Crippen LogP contribution in [-0.4, -0.2) is 17.1 Å². The number of hydrogen-bond donors (Lipinski definition) is 2. The largest absolute Gasteiger partial charge is 0.445 e. The van der Waals surface area contributed by atoms with Gasteiger partial charge in [0, 0.05) is 18.2 Å². The molecule has 0 saturated heterocycles. The Bertz CT molecular complexity index is 761. The Morgan fingerprint density at radius 2 is 2.04 bits per heavy atom. The van der Waals surface area contributed by atoms with Crippen molar-refractivity contribution >= 4 is 11.8 Å². The highest BCUT2D eigenvalue weighted by atomic mass is 16.5. The third-order valence-electron chi connectivity index (χ3n) is 5.69. The fourth-order valence-corrected chi connectivity index (χ4v) is 3.99. The molecule has 2 aliphatic rings. The summed E-state index contributed by atoms with van der Waals surface area (Å²) < 4.78 is 5.43. The molecule has 1 aliphatic heterocycles. The minimum absolute atomic E-state index is 0.138. The number of anilines is 1. The molecule has 2 aromatic rings. The molecule has 3 atom stereocenters. The molecule has 5 nitrogen and oxygen atoms in total. The van der Waals surface area contributed by atoms with Gasteiger partial charge in [-0.25, -0.2) is 4.79 Å². The van der Waals surface area contributed by atoms with Gasteiger partial charge in [0.15, 0.2) is 0 Å². The summed E-state index contributed by atoms with van der Waals surface area (Å²) in [6.45, 7) is 2.46. The minimum atomic E-state index is -0.392. The van der Waals surface area contributed by atoms with Gasteiger partial charge >= 0.3 is 6.09 Å². The molecule has 1 fully saturated rings. The van der Waals surface area contributed by atoms with E-state index in [0.29, 0.717) is 12.0 Å². The predicted molar refractivity (Wildman–Crippen MR) is 101 cm³/mol. The van der Waals surface area contributed by atoms with E-state index in [1.165, 1.54) is 19.3 Å². The molecule has 26 heavy (non-hydrogen) atoms. The molecule has 0 unspecified atom stereocenters. The van der Waals surface area contributed by atoms with Crippen molar-refractivity contribution in [3.8, 4) is 0 Å². The summed E-state index contributed by atoms with van der Waals surface area (Å²) in [6, 6.07) is 13.9. The predicted octanol–water partition coefficient (Wildman–Crippen LogP) is 4.28. The maximum absolute atomic E-state index is 12.4. The van der Waals surface area contributed by atoms with E-state index in [1.54, 1.807) is 6.20 Å². The van der Waals surface area contributed by atoms with Crippen LogP contribution >= 0.6 is 0 Å². The number of carbonyl (C=O) groups is 1. The summed E-state index contributed by atoms with van der Waals surface area (Å²) in [7, 11) is 0. The van der Waals surface area contributed by atoms with E-state index < -0.39 is 6.09 Å². The molecule has 1 saturated carbocycles. The van der Waals surface area contributed by atoms with Gasteiger partial charge in [0.25, 0.3) is 0 Å². The molecule has 1 aliphatic carbocycles. The number of fused-ring (bicyclic) bond motifs is 1. The molecule has 2 heterocycles. The second-order valence-corrected chi connectivity index (χ2v) is 7.34. The number of benzene rings is 1. The normalized spacial score (nSPS) is 24.7. The van der Waals surface area contributed by atoms with Crippen molar-refractivity contribution < 1.29 is 9.53 Å². The van der Waals surface area contributed by atoms with Gasteiger partial charge in [0.05, 0.1) is 17.4 Å². The third-order valence-corrected chi connectivity index (χ3v) is 5.69. The van der Waals surface area contributed by atoms with Gasteiger partial charge in [-0.3, -0.25) is 4.98 Å². The van der Waals surface area contributed by atoms with Gasteiger partial charge in [0.1, 0.15) is 6.61 Å². The first kappa shape index (κ1) is 16.9. The number of aromatic nitrogens is 1. The van der Waals surface area contributed by atoms with Crippen molar-refractivity contribution in [2.75, 3.05) is 5.32 Å². The summed E-state index contributed by atoms with van der Waals surface area (Å²) in [5.74, 6) is 0.926. The van der Waals surface area contributed by atoms with Gasteiger partial charge in [-0.2, -0.15) is 0 Å². The Balaban J connectivity index is 1.47. The lowest BCUT2D eigenvalue weighted by atomic mass is 9.71. The first-order chi connectivity index (χ1) is 12.7. The third kappa shape index (κ3) is 3.39. The summed E-state index contributed by atoms with van der Waals surface area (Å²) in [5.41, 5.74) is 2.90. The first-order valence-electron chi connectivity index (χ1n) is 9.41. The summed E-state index contributed by atoms with van der Waals surface area (Å²) in [5, 5.41) is 6.72. The molecule has 0 spiro atoms. The van der Waals surface area contributed by atoms with Crippen molar-refractivity contribution in [1.82, 2.24) is 10.3 Å². The number of amides is 1. The first-order valence-corrected chi connectivity index (χ1v) is 9.41. The quantitative estimate of drug-likeness (QED) is 0.863. The zero-order valence-corrected chi connectivity index (χ0v) is 15.0. The van der Waals surface area contributed by atoms with Crippen LogP contribution in [0.25, 0.3) is 0 Å². The molecule has 136 valence electrons. The topological polar surface area (TPSA) is 63.2 Å². The Morgan fingerprint density at radius 1 is 1.23 bits per heavy atom. The van der Waals surface area contributed by atoms with Crippen molar-refractivity contribution in [2.45, 2.75) is 44.9 Å². The molecule has 5 heteroatoms. The van der Waals surface area contributed by atoms with Crippen LogP contribution in [0.1, 0.15) is 43.5 Å². The zero-order valence-electron chi connectivity index (χ0n) is 15.0. The SMILES string of the molecule is C[C@@H]1[C@@H](NC(=O)OCc2ccccc2)c2ncccc2N[C@H]1C1CCC1. The molecule has 1 aromatic heterocycles. The van der Waals surface area contributed by atoms with Crippen LogP contribution in [0.4, 0.5) is 10.5 Å². The molecule has 1 amide bonds. The smallest absolute Gasteiger partial charge is 0.408 e. The van der Waals surface area contributed by atoms with Crippen LogP contribution in [0.3, 0.4) is 0 Å². The van der Waals surface area contributed by atoms with Crippen molar-refractivity contribution in [3.63, 3.8) is 0 Å². The minimum Gasteiger partial charge on any atom is -0.445 e. The number of carbonyl (C=O) groups excluding carboxylic acids is 1. The van der Waals surface area contributed by atoms with Crippen molar-refractivity contribution in [2.24, 2.45) is 11.8 Å². The highest BCUT2D eigenvalue weighted by molar-refractivity contribution is 5.69. The van der Waals surface area contributed by atoms with E-state index in [-0.39, 0.29) is 18.6 Å². The highest BCUT2D eigenvalue weighted by Crippen LogP contribution is 2.43. The lowest BCUT2D eigenvalue weighted by Gasteiger charge is -2.44. The van der Waals surface area contributed by atoms with Crippen molar-refractivity contribution in [1.29, 1.82) is 0 Å². The maximum atomic E-state index is 12.4. The molecule has 4 rings (SSSR count). The van der Waals surface area contributed by atoms with E-state index in [2.05, 4.69) is 22.5 Å². The number of rotatable bonds is 4.